The first-order valence-corrected chi connectivity index (χ1v) is 12.7. The number of nitrogens with zero attached hydrogens (tertiary/aromatic N) is 3. The summed E-state index contributed by atoms with van der Waals surface area (Å²) in [6, 6.07) is 5.21. The van der Waals surface area contributed by atoms with Crippen molar-refractivity contribution in [3.05, 3.63) is 78.3 Å². The topological polar surface area (TPSA) is 103 Å². The summed E-state index contributed by atoms with van der Waals surface area (Å²) in [5.74, 6) is -5.42. The molecule has 8 nitrogen and oxygen atoms in total. The summed E-state index contributed by atoms with van der Waals surface area (Å²) in [5, 5.41) is 6.26. The van der Waals surface area contributed by atoms with Gasteiger partial charge in [0, 0.05) is 30.7 Å². The van der Waals surface area contributed by atoms with Crippen molar-refractivity contribution in [1.82, 2.24) is 14.8 Å². The summed E-state index contributed by atoms with van der Waals surface area (Å²) in [7, 11) is -5.11. The molecule has 0 aliphatic heterocycles. The van der Waals surface area contributed by atoms with Gasteiger partial charge in [-0.2, -0.15) is 5.10 Å². The van der Waals surface area contributed by atoms with Crippen LogP contribution in [0.1, 0.15) is 13.8 Å². The highest BCUT2D eigenvalue weighted by molar-refractivity contribution is 7.91. The van der Waals surface area contributed by atoms with Gasteiger partial charge in [0.15, 0.2) is 11.6 Å². The minimum atomic E-state index is -5.11. The Morgan fingerprint density at radius 1 is 1.00 bits per heavy atom. The highest BCUT2D eigenvalue weighted by Crippen LogP contribution is 2.40. The van der Waals surface area contributed by atoms with Crippen LogP contribution in [0.4, 0.5) is 28.0 Å². The Hall–Kier alpha value is -4.26. The van der Waals surface area contributed by atoms with Crippen LogP contribution in [0.15, 0.2) is 64.8 Å². The molecular formula is C25H20F4N4O4S. The number of pyridine rings is 1. The number of hydrogen-bond acceptors (Lipinski definition) is 6. The van der Waals surface area contributed by atoms with E-state index in [1.807, 2.05) is 5.32 Å². The zero-order valence-electron chi connectivity index (χ0n) is 20.0. The van der Waals surface area contributed by atoms with Gasteiger partial charge in [0.1, 0.15) is 27.1 Å². The number of rotatable bonds is 7. The van der Waals surface area contributed by atoms with Crippen LogP contribution in [0, 0.1) is 23.3 Å². The first-order chi connectivity index (χ1) is 18.1. The molecule has 4 aromatic rings. The highest BCUT2D eigenvalue weighted by atomic mass is 32.2. The first kappa shape index (κ1) is 26.8. The van der Waals surface area contributed by atoms with Gasteiger partial charge in [-0.25, -0.2) is 30.8 Å². The third-order valence-corrected chi connectivity index (χ3v) is 7.23. The van der Waals surface area contributed by atoms with E-state index in [-0.39, 0.29) is 17.9 Å². The molecule has 0 saturated carbocycles. The predicted molar refractivity (Wildman–Crippen MR) is 129 cm³/mol. The van der Waals surface area contributed by atoms with Gasteiger partial charge in [0.05, 0.1) is 17.9 Å². The summed E-state index contributed by atoms with van der Waals surface area (Å²) in [6.07, 6.45) is 3.22. The van der Waals surface area contributed by atoms with Crippen LogP contribution in [0.25, 0.3) is 22.4 Å². The second-order valence-corrected chi connectivity index (χ2v) is 9.72. The Bertz CT molecular complexity index is 1630. The van der Waals surface area contributed by atoms with Gasteiger partial charge in [-0.15, -0.1) is 0 Å². The molecule has 0 spiro atoms. The van der Waals surface area contributed by atoms with Crippen molar-refractivity contribution in [2.45, 2.75) is 30.2 Å². The summed E-state index contributed by atoms with van der Waals surface area (Å²) < 4.78 is 93.1. The molecule has 38 heavy (non-hydrogen) atoms. The van der Waals surface area contributed by atoms with E-state index in [9.17, 15) is 22.0 Å². The number of amides is 1. The number of aryl methyl sites for hydroxylation is 1. The molecule has 2 aromatic carbocycles. The van der Waals surface area contributed by atoms with Crippen LogP contribution < -0.4 is 5.32 Å². The average molecular weight is 549 g/mol. The van der Waals surface area contributed by atoms with E-state index in [1.54, 1.807) is 19.1 Å². The maximum atomic E-state index is 16.1. The van der Waals surface area contributed by atoms with Crippen molar-refractivity contribution < 1.29 is 35.5 Å². The molecule has 2 heterocycles. The number of ether oxygens (including phenoxy) is 1. The lowest BCUT2D eigenvalue weighted by Gasteiger charge is -2.15. The highest BCUT2D eigenvalue weighted by Gasteiger charge is 2.33. The van der Waals surface area contributed by atoms with Crippen LogP contribution in [-0.2, 0) is 21.1 Å². The molecule has 198 valence electrons. The first-order valence-electron chi connectivity index (χ1n) is 11.2. The number of anilines is 1. The van der Waals surface area contributed by atoms with E-state index in [2.05, 4.69) is 10.1 Å². The number of carbonyl (C=O) groups excluding carboxylic acids is 1. The molecule has 0 unspecified atom stereocenters. The smallest absolute Gasteiger partial charge is 0.411 e. The molecule has 1 amide bonds. The Labute approximate surface area is 214 Å². The fourth-order valence-electron chi connectivity index (χ4n) is 3.70. The molecule has 0 bridgehead atoms. The molecule has 13 heteroatoms. The zero-order valence-corrected chi connectivity index (χ0v) is 20.8. The van der Waals surface area contributed by atoms with Crippen LogP contribution in [0.2, 0.25) is 0 Å². The van der Waals surface area contributed by atoms with E-state index in [1.165, 1.54) is 30.2 Å². The lowest BCUT2D eigenvalue weighted by atomic mass is 10.0. The Morgan fingerprint density at radius 2 is 1.71 bits per heavy atom. The SMILES string of the molecule is CCOC(=O)Nc1cc(S(=O)(=O)c2cc(F)ccc2F)c(F)c(-c2nn(CC)cc2-c2ccncc2)c1F. The van der Waals surface area contributed by atoms with Crippen LogP contribution in [0.3, 0.4) is 0 Å². The van der Waals surface area contributed by atoms with Crippen LogP contribution in [-0.4, -0.2) is 35.9 Å². The van der Waals surface area contributed by atoms with Gasteiger partial charge in [0.2, 0.25) is 9.84 Å². The monoisotopic (exact) mass is 548 g/mol. The van der Waals surface area contributed by atoms with Crippen molar-refractivity contribution >= 4 is 21.6 Å². The maximum absolute atomic E-state index is 16.1. The lowest BCUT2D eigenvalue weighted by molar-refractivity contribution is 0.167. The fourth-order valence-corrected chi connectivity index (χ4v) is 5.14. The Morgan fingerprint density at radius 3 is 2.37 bits per heavy atom. The largest absolute Gasteiger partial charge is 0.450 e. The van der Waals surface area contributed by atoms with Gasteiger partial charge < -0.3 is 4.74 Å². The Balaban J connectivity index is 2.06. The van der Waals surface area contributed by atoms with E-state index < -0.39 is 60.2 Å². The second kappa shape index (κ2) is 10.6. The van der Waals surface area contributed by atoms with E-state index in [0.29, 0.717) is 36.4 Å². The van der Waals surface area contributed by atoms with E-state index in [4.69, 9.17) is 4.74 Å². The molecule has 2 aromatic heterocycles. The minimum Gasteiger partial charge on any atom is -0.450 e. The van der Waals surface area contributed by atoms with Crippen molar-refractivity contribution in [3.63, 3.8) is 0 Å². The number of halogens is 4. The van der Waals surface area contributed by atoms with Crippen molar-refractivity contribution in [3.8, 4) is 22.4 Å². The van der Waals surface area contributed by atoms with Crippen molar-refractivity contribution in [1.29, 1.82) is 0 Å². The molecular weight excluding hydrogens is 528 g/mol. The third-order valence-electron chi connectivity index (χ3n) is 5.47. The number of carbonyl (C=O) groups is 1. The number of sulfone groups is 1. The van der Waals surface area contributed by atoms with Crippen molar-refractivity contribution in [2.24, 2.45) is 0 Å². The lowest BCUT2D eigenvalue weighted by Crippen LogP contribution is -2.17. The molecule has 0 atom stereocenters. The standard InChI is InChI=1S/C25H20F4N4O4S/c1-3-33-13-16(14-7-9-30-10-8-14)24(32-33)21-22(28)18(31-25(34)37-4-2)12-20(23(21)29)38(35,36)19-11-15(26)5-6-17(19)27/h5-13H,3-4H2,1-2H3,(H,31,34). The fraction of sp³-hybridized carbons (Fsp3) is 0.160. The van der Waals surface area contributed by atoms with Crippen molar-refractivity contribution in [2.75, 3.05) is 11.9 Å². The number of nitrogens with one attached hydrogen (secondary N) is 1. The normalized spacial score (nSPS) is 11.4. The predicted octanol–water partition coefficient (Wildman–Crippen LogP) is 5.59. The van der Waals surface area contributed by atoms with Crippen LogP contribution in [0.5, 0.6) is 0 Å². The van der Waals surface area contributed by atoms with E-state index >= 15 is 8.78 Å². The molecule has 0 aliphatic carbocycles. The summed E-state index contributed by atoms with van der Waals surface area (Å²) in [4.78, 5) is 13.6. The third kappa shape index (κ3) is 4.96. The van der Waals surface area contributed by atoms with E-state index in [0.717, 1.165) is 0 Å². The van der Waals surface area contributed by atoms with Gasteiger partial charge in [0.25, 0.3) is 0 Å². The van der Waals surface area contributed by atoms with Gasteiger partial charge >= 0.3 is 6.09 Å². The van der Waals surface area contributed by atoms with Gasteiger partial charge in [-0.05, 0) is 55.8 Å². The zero-order chi connectivity index (χ0) is 27.6. The number of hydrogen-bond donors (Lipinski definition) is 1. The maximum Gasteiger partial charge on any atom is 0.411 e. The number of benzene rings is 2. The van der Waals surface area contributed by atoms with Crippen LogP contribution >= 0.6 is 0 Å². The molecule has 0 radical (unpaired) electrons. The second-order valence-electron chi connectivity index (χ2n) is 7.83. The number of aromatic nitrogens is 3. The summed E-state index contributed by atoms with van der Waals surface area (Å²) in [5.41, 5.74) is -1.30. The molecule has 0 aliphatic rings. The van der Waals surface area contributed by atoms with Gasteiger partial charge in [-0.3, -0.25) is 15.0 Å². The average Bonchev–Trinajstić information content (AvgIpc) is 3.32. The van der Waals surface area contributed by atoms with Gasteiger partial charge in [-0.1, -0.05) is 0 Å². The molecule has 0 fully saturated rings. The molecule has 4 rings (SSSR count). The molecule has 1 N–H and O–H groups in total. The molecule has 0 saturated heterocycles. The minimum absolute atomic E-state index is 0.103. The summed E-state index contributed by atoms with van der Waals surface area (Å²) in [6.45, 7) is 3.39. The summed E-state index contributed by atoms with van der Waals surface area (Å²) >= 11 is 0. The quantitative estimate of drug-likeness (QED) is 0.239. The Kier molecular flexibility index (Phi) is 7.49.